The summed E-state index contributed by atoms with van der Waals surface area (Å²) in [7, 11) is 0. The maximum Gasteiger partial charge on any atom is 0.325 e. The van der Waals surface area contributed by atoms with Crippen molar-refractivity contribution < 1.29 is 14.3 Å². The second kappa shape index (κ2) is 9.29. The molecule has 0 saturated heterocycles. The van der Waals surface area contributed by atoms with Crippen LogP contribution < -0.4 is 5.32 Å². The molecule has 2 aromatic carbocycles. The number of hydrogen-bond donors (Lipinski definition) is 1. The second-order valence-electron chi connectivity index (χ2n) is 6.62. The number of nitriles is 1. The van der Waals surface area contributed by atoms with Crippen molar-refractivity contribution in [3.8, 4) is 6.07 Å². The van der Waals surface area contributed by atoms with Crippen LogP contribution in [0.25, 0.3) is 17.0 Å². The van der Waals surface area contributed by atoms with Crippen molar-refractivity contribution in [3.05, 3.63) is 70.4 Å². The molecule has 0 spiro atoms. The first-order valence-corrected chi connectivity index (χ1v) is 9.73. The quantitative estimate of drug-likeness (QED) is 0.355. The van der Waals surface area contributed by atoms with Gasteiger partial charge in [0.2, 0.25) is 0 Å². The van der Waals surface area contributed by atoms with E-state index in [-0.39, 0.29) is 18.1 Å². The van der Waals surface area contributed by atoms with E-state index in [1.165, 1.54) is 6.08 Å². The topological polar surface area (TPSA) is 84.1 Å². The molecule has 0 saturated carbocycles. The Hall–Kier alpha value is -3.56. The average molecular weight is 422 g/mol. The number of aryl methyl sites for hydroxylation is 1. The standard InChI is InChI=1S/C23H20ClN3O3/c1-3-30-22(28)14-27-13-17(19-6-4-5-7-21(19)27)10-16(12-25)23(29)26-18-9-8-15(2)20(24)11-18/h4-11,13H,3,14H2,1-2H3,(H,26,29)/b16-10-. The van der Waals surface area contributed by atoms with Gasteiger partial charge in [0.1, 0.15) is 18.2 Å². The molecule has 7 heteroatoms. The molecule has 1 heterocycles. The monoisotopic (exact) mass is 421 g/mol. The first-order valence-electron chi connectivity index (χ1n) is 9.35. The molecule has 0 unspecified atom stereocenters. The van der Waals surface area contributed by atoms with Crippen LogP contribution in [0.2, 0.25) is 5.02 Å². The number of hydrogen-bond acceptors (Lipinski definition) is 4. The van der Waals surface area contributed by atoms with Gasteiger partial charge in [-0.2, -0.15) is 5.26 Å². The maximum atomic E-state index is 12.6. The lowest BCUT2D eigenvalue weighted by Crippen LogP contribution is -2.13. The van der Waals surface area contributed by atoms with E-state index < -0.39 is 5.91 Å². The van der Waals surface area contributed by atoms with E-state index in [9.17, 15) is 14.9 Å². The predicted octanol–water partition coefficient (Wildman–Crippen LogP) is 4.71. The SMILES string of the molecule is CCOC(=O)Cn1cc(/C=C(/C#N)C(=O)Nc2ccc(C)c(Cl)c2)c2ccccc21. The summed E-state index contributed by atoms with van der Waals surface area (Å²) in [6.07, 6.45) is 3.24. The molecule has 0 aliphatic carbocycles. The zero-order valence-corrected chi connectivity index (χ0v) is 17.4. The maximum absolute atomic E-state index is 12.6. The molecule has 0 bridgehead atoms. The highest BCUT2D eigenvalue weighted by molar-refractivity contribution is 6.31. The number of carbonyl (C=O) groups excluding carboxylic acids is 2. The van der Waals surface area contributed by atoms with Gasteiger partial charge in [-0.25, -0.2) is 0 Å². The lowest BCUT2D eigenvalue weighted by Gasteiger charge is -2.06. The van der Waals surface area contributed by atoms with E-state index in [0.29, 0.717) is 22.9 Å². The number of rotatable bonds is 6. The molecule has 0 aliphatic rings. The Bertz CT molecular complexity index is 1190. The predicted molar refractivity (Wildman–Crippen MR) is 117 cm³/mol. The van der Waals surface area contributed by atoms with Crippen LogP contribution in [0.15, 0.2) is 54.2 Å². The summed E-state index contributed by atoms with van der Waals surface area (Å²) in [5, 5.41) is 13.6. The molecule has 1 amide bonds. The van der Waals surface area contributed by atoms with Crippen molar-refractivity contribution in [2.45, 2.75) is 20.4 Å². The summed E-state index contributed by atoms with van der Waals surface area (Å²) >= 11 is 6.10. The van der Waals surface area contributed by atoms with Gasteiger partial charge in [-0.05, 0) is 43.7 Å². The average Bonchev–Trinajstić information content (AvgIpc) is 3.06. The minimum absolute atomic E-state index is 0.0398. The molecular formula is C23H20ClN3O3. The first kappa shape index (κ1) is 21.2. The van der Waals surface area contributed by atoms with Crippen LogP contribution in [0, 0.1) is 18.3 Å². The molecule has 3 rings (SSSR count). The number of anilines is 1. The largest absolute Gasteiger partial charge is 0.465 e. The van der Waals surface area contributed by atoms with Gasteiger partial charge in [-0.1, -0.05) is 35.9 Å². The summed E-state index contributed by atoms with van der Waals surface area (Å²) in [4.78, 5) is 24.5. The fourth-order valence-electron chi connectivity index (χ4n) is 3.04. The molecule has 0 radical (unpaired) electrons. The summed E-state index contributed by atoms with van der Waals surface area (Å²) in [6, 6.07) is 14.5. The molecule has 1 aromatic heterocycles. The number of benzene rings is 2. The van der Waals surface area contributed by atoms with Crippen molar-refractivity contribution in [2.75, 3.05) is 11.9 Å². The van der Waals surface area contributed by atoms with Gasteiger partial charge in [0.05, 0.1) is 6.61 Å². The molecule has 1 N–H and O–H groups in total. The highest BCUT2D eigenvalue weighted by atomic mass is 35.5. The number of ether oxygens (including phenoxy) is 1. The third kappa shape index (κ3) is 4.70. The Morgan fingerprint density at radius 3 is 2.73 bits per heavy atom. The highest BCUT2D eigenvalue weighted by Crippen LogP contribution is 2.25. The van der Waals surface area contributed by atoms with E-state index in [1.807, 2.05) is 37.3 Å². The fourth-order valence-corrected chi connectivity index (χ4v) is 3.22. The Balaban J connectivity index is 1.93. The third-order valence-electron chi connectivity index (χ3n) is 4.52. The zero-order valence-electron chi connectivity index (χ0n) is 16.6. The third-order valence-corrected chi connectivity index (χ3v) is 4.93. The number of nitrogens with one attached hydrogen (secondary N) is 1. The van der Waals surface area contributed by atoms with E-state index >= 15 is 0 Å². The van der Waals surface area contributed by atoms with Crippen LogP contribution in [0.4, 0.5) is 5.69 Å². The van der Waals surface area contributed by atoms with Crippen LogP contribution >= 0.6 is 11.6 Å². The van der Waals surface area contributed by atoms with Gasteiger partial charge < -0.3 is 14.6 Å². The highest BCUT2D eigenvalue weighted by Gasteiger charge is 2.14. The van der Waals surface area contributed by atoms with Crippen LogP contribution in [0.3, 0.4) is 0 Å². The number of nitrogens with zero attached hydrogens (tertiary/aromatic N) is 2. The fraction of sp³-hybridized carbons (Fsp3) is 0.174. The van der Waals surface area contributed by atoms with Crippen LogP contribution in [-0.4, -0.2) is 23.1 Å². The Labute approximate surface area is 179 Å². The van der Waals surface area contributed by atoms with Gasteiger partial charge >= 0.3 is 5.97 Å². The van der Waals surface area contributed by atoms with E-state index in [0.717, 1.165) is 16.5 Å². The van der Waals surface area contributed by atoms with E-state index in [2.05, 4.69) is 5.32 Å². The lowest BCUT2D eigenvalue weighted by atomic mass is 10.1. The van der Waals surface area contributed by atoms with Crippen molar-refractivity contribution in [1.29, 1.82) is 5.26 Å². The summed E-state index contributed by atoms with van der Waals surface area (Å²) < 4.78 is 6.77. The van der Waals surface area contributed by atoms with E-state index in [4.69, 9.17) is 16.3 Å². The van der Waals surface area contributed by atoms with Crippen molar-refractivity contribution in [1.82, 2.24) is 4.57 Å². The lowest BCUT2D eigenvalue weighted by molar-refractivity contribution is -0.143. The van der Waals surface area contributed by atoms with Crippen molar-refractivity contribution >= 4 is 46.1 Å². The second-order valence-corrected chi connectivity index (χ2v) is 7.03. The number of amides is 1. The summed E-state index contributed by atoms with van der Waals surface area (Å²) in [5.74, 6) is -0.900. The molecule has 152 valence electrons. The van der Waals surface area contributed by atoms with Gasteiger partial charge in [0.25, 0.3) is 5.91 Å². The smallest absolute Gasteiger partial charge is 0.325 e. The zero-order chi connectivity index (χ0) is 21.7. The molecule has 0 aliphatic heterocycles. The normalized spacial score (nSPS) is 11.2. The van der Waals surface area contributed by atoms with Crippen molar-refractivity contribution in [3.63, 3.8) is 0 Å². The van der Waals surface area contributed by atoms with Crippen LogP contribution in [0.1, 0.15) is 18.1 Å². The summed E-state index contributed by atoms with van der Waals surface area (Å²) in [5.41, 5.74) is 2.79. The molecule has 6 nitrogen and oxygen atoms in total. The minimum atomic E-state index is -0.542. The van der Waals surface area contributed by atoms with Gasteiger partial charge in [0, 0.05) is 33.4 Å². The number of fused-ring (bicyclic) bond motifs is 1. The number of halogens is 1. The van der Waals surface area contributed by atoms with Gasteiger partial charge in [-0.3, -0.25) is 9.59 Å². The van der Waals surface area contributed by atoms with Crippen molar-refractivity contribution in [2.24, 2.45) is 0 Å². The molecule has 0 atom stereocenters. The Morgan fingerprint density at radius 2 is 2.03 bits per heavy atom. The molecule has 0 fully saturated rings. The molecular weight excluding hydrogens is 402 g/mol. The molecule has 30 heavy (non-hydrogen) atoms. The minimum Gasteiger partial charge on any atom is -0.465 e. The van der Waals surface area contributed by atoms with E-state index in [1.54, 1.807) is 35.9 Å². The van der Waals surface area contributed by atoms with Crippen LogP contribution in [0.5, 0.6) is 0 Å². The molecule has 3 aromatic rings. The Kier molecular flexibility index (Phi) is 6.55. The number of esters is 1. The Morgan fingerprint density at radius 1 is 1.27 bits per heavy atom. The number of carbonyl (C=O) groups is 2. The number of aromatic nitrogens is 1. The van der Waals surface area contributed by atoms with Crippen LogP contribution in [-0.2, 0) is 20.9 Å². The van der Waals surface area contributed by atoms with Gasteiger partial charge in [-0.15, -0.1) is 0 Å². The first-order chi connectivity index (χ1) is 14.4. The summed E-state index contributed by atoms with van der Waals surface area (Å²) in [6.45, 7) is 3.95. The van der Waals surface area contributed by atoms with Gasteiger partial charge in [0.15, 0.2) is 0 Å². The number of para-hydroxylation sites is 1.